The maximum absolute atomic E-state index is 11.6. The first kappa shape index (κ1) is 12.7. The highest BCUT2D eigenvalue weighted by Gasteiger charge is 2.22. The van der Waals surface area contributed by atoms with Crippen LogP contribution in [-0.2, 0) is 19.1 Å². The van der Waals surface area contributed by atoms with E-state index < -0.39 is 22.0 Å². The van der Waals surface area contributed by atoms with Crippen molar-refractivity contribution in [1.29, 1.82) is 0 Å². The van der Waals surface area contributed by atoms with Crippen molar-refractivity contribution in [2.24, 2.45) is 5.92 Å². The van der Waals surface area contributed by atoms with Gasteiger partial charge in [0, 0.05) is 0 Å². The van der Waals surface area contributed by atoms with Gasteiger partial charge in [0.2, 0.25) is 0 Å². The van der Waals surface area contributed by atoms with Crippen molar-refractivity contribution in [3.8, 4) is 0 Å². The molecule has 0 aromatic heterocycles. The van der Waals surface area contributed by atoms with Gasteiger partial charge in [-0.15, -0.1) is 0 Å². The summed E-state index contributed by atoms with van der Waals surface area (Å²) < 4.78 is 27.7. The van der Waals surface area contributed by atoms with Crippen LogP contribution in [0.4, 0.5) is 0 Å². The lowest BCUT2D eigenvalue weighted by Crippen LogP contribution is -2.19. The normalized spacial score (nSPS) is 13.1. The Morgan fingerprint density at radius 3 is 2.38 bits per heavy atom. The smallest absolute Gasteiger partial charge is 0.341 e. The van der Waals surface area contributed by atoms with E-state index in [9.17, 15) is 13.2 Å². The van der Waals surface area contributed by atoms with Crippen molar-refractivity contribution in [3.05, 3.63) is 30.3 Å². The zero-order valence-electron chi connectivity index (χ0n) is 9.21. The molecule has 1 aromatic rings. The maximum Gasteiger partial charge on any atom is 0.341 e. The van der Waals surface area contributed by atoms with Crippen molar-refractivity contribution >= 4 is 16.1 Å². The van der Waals surface area contributed by atoms with Gasteiger partial charge in [0.15, 0.2) is 0 Å². The molecule has 16 heavy (non-hydrogen) atoms. The standard InChI is InChI=1S/C11H14O4S/c1-3-9(2)11(12)15-16(13,14)10-7-5-4-6-8-10/h4-9H,3H2,1-2H3. The molecule has 0 bridgehead atoms. The van der Waals surface area contributed by atoms with Crippen LogP contribution in [0.1, 0.15) is 20.3 Å². The Morgan fingerprint density at radius 2 is 1.88 bits per heavy atom. The molecule has 0 amide bonds. The molecule has 0 fully saturated rings. The third kappa shape index (κ3) is 3.06. The lowest BCUT2D eigenvalue weighted by molar-refractivity contribution is -0.137. The molecule has 0 saturated carbocycles. The second-order valence-corrected chi connectivity index (χ2v) is 5.03. The minimum Gasteiger partial charge on any atom is -0.342 e. The van der Waals surface area contributed by atoms with Crippen LogP contribution in [0.15, 0.2) is 35.2 Å². The maximum atomic E-state index is 11.6. The van der Waals surface area contributed by atoms with Gasteiger partial charge in [0.1, 0.15) is 4.90 Å². The summed E-state index contributed by atoms with van der Waals surface area (Å²) in [7, 11) is -3.96. The molecule has 0 heterocycles. The molecular weight excluding hydrogens is 228 g/mol. The van der Waals surface area contributed by atoms with Crippen LogP contribution < -0.4 is 0 Å². The van der Waals surface area contributed by atoms with Gasteiger partial charge in [0.25, 0.3) is 0 Å². The van der Waals surface area contributed by atoms with E-state index >= 15 is 0 Å². The van der Waals surface area contributed by atoms with Crippen LogP contribution in [-0.4, -0.2) is 14.4 Å². The van der Waals surface area contributed by atoms with Crippen LogP contribution >= 0.6 is 0 Å². The highest BCUT2D eigenvalue weighted by atomic mass is 32.2. The summed E-state index contributed by atoms with van der Waals surface area (Å²) in [5.41, 5.74) is 0. The molecule has 0 radical (unpaired) electrons. The number of carbonyl (C=O) groups is 1. The van der Waals surface area contributed by atoms with Gasteiger partial charge in [-0.3, -0.25) is 4.79 Å². The van der Waals surface area contributed by atoms with Crippen molar-refractivity contribution in [2.75, 3.05) is 0 Å². The third-order valence-electron chi connectivity index (χ3n) is 2.24. The van der Waals surface area contributed by atoms with Gasteiger partial charge in [-0.05, 0) is 18.6 Å². The predicted octanol–water partition coefficient (Wildman–Crippen LogP) is 1.96. The lowest BCUT2D eigenvalue weighted by Gasteiger charge is -2.08. The van der Waals surface area contributed by atoms with E-state index in [1.54, 1.807) is 32.0 Å². The van der Waals surface area contributed by atoms with E-state index in [-0.39, 0.29) is 4.90 Å². The van der Waals surface area contributed by atoms with Crippen LogP contribution in [0, 0.1) is 5.92 Å². The Balaban J connectivity index is 2.86. The Labute approximate surface area is 95.4 Å². The molecule has 1 rings (SSSR count). The van der Waals surface area contributed by atoms with Crippen molar-refractivity contribution < 1.29 is 17.4 Å². The number of hydrogen-bond acceptors (Lipinski definition) is 4. The minimum atomic E-state index is -3.96. The van der Waals surface area contributed by atoms with Crippen molar-refractivity contribution in [2.45, 2.75) is 25.2 Å². The number of hydrogen-bond donors (Lipinski definition) is 0. The molecule has 0 aliphatic rings. The first-order valence-corrected chi connectivity index (χ1v) is 6.41. The molecule has 0 saturated heterocycles. The van der Waals surface area contributed by atoms with Gasteiger partial charge < -0.3 is 4.18 Å². The van der Waals surface area contributed by atoms with Gasteiger partial charge >= 0.3 is 16.1 Å². The fraction of sp³-hybridized carbons (Fsp3) is 0.364. The van der Waals surface area contributed by atoms with E-state index in [1.165, 1.54) is 12.1 Å². The molecule has 0 aliphatic carbocycles. The van der Waals surface area contributed by atoms with E-state index in [0.29, 0.717) is 6.42 Å². The molecule has 1 unspecified atom stereocenters. The molecule has 0 spiro atoms. The van der Waals surface area contributed by atoms with Crippen molar-refractivity contribution in [1.82, 2.24) is 0 Å². The third-order valence-corrected chi connectivity index (χ3v) is 3.47. The number of benzene rings is 1. The van der Waals surface area contributed by atoms with Crippen LogP contribution in [0.5, 0.6) is 0 Å². The van der Waals surface area contributed by atoms with Gasteiger partial charge in [-0.25, -0.2) is 0 Å². The summed E-state index contributed by atoms with van der Waals surface area (Å²) in [6, 6.07) is 7.61. The number of carbonyl (C=O) groups excluding carboxylic acids is 1. The molecular formula is C11H14O4S. The second kappa shape index (κ2) is 5.12. The molecule has 1 aromatic carbocycles. The fourth-order valence-electron chi connectivity index (χ4n) is 0.992. The fourth-order valence-corrected chi connectivity index (χ4v) is 1.96. The summed E-state index contributed by atoms with van der Waals surface area (Å²) in [6.07, 6.45) is 0.545. The van der Waals surface area contributed by atoms with Crippen molar-refractivity contribution in [3.63, 3.8) is 0 Å². The largest absolute Gasteiger partial charge is 0.342 e. The second-order valence-electron chi connectivity index (χ2n) is 3.48. The molecule has 88 valence electrons. The average Bonchev–Trinajstić information content (AvgIpc) is 2.28. The van der Waals surface area contributed by atoms with Gasteiger partial charge in [0.05, 0.1) is 5.92 Å². The highest BCUT2D eigenvalue weighted by molar-refractivity contribution is 7.87. The summed E-state index contributed by atoms with van der Waals surface area (Å²) in [5.74, 6) is -1.13. The Hall–Kier alpha value is -1.36. The summed E-state index contributed by atoms with van der Waals surface area (Å²) in [6.45, 7) is 3.42. The zero-order valence-corrected chi connectivity index (χ0v) is 10.0. The Bertz CT molecular complexity index is 450. The SMILES string of the molecule is CCC(C)C(=O)OS(=O)(=O)c1ccccc1. The number of rotatable bonds is 4. The summed E-state index contributed by atoms with van der Waals surface area (Å²) >= 11 is 0. The van der Waals surface area contributed by atoms with Crippen LogP contribution in [0.25, 0.3) is 0 Å². The van der Waals surface area contributed by atoms with E-state index in [1.807, 2.05) is 0 Å². The van der Waals surface area contributed by atoms with Gasteiger partial charge in [-0.2, -0.15) is 8.42 Å². The topological polar surface area (TPSA) is 60.4 Å². The molecule has 5 heteroatoms. The minimum absolute atomic E-state index is 0.00773. The first-order valence-electron chi connectivity index (χ1n) is 5.00. The van der Waals surface area contributed by atoms with E-state index in [0.717, 1.165) is 0 Å². The van der Waals surface area contributed by atoms with Gasteiger partial charge in [-0.1, -0.05) is 32.0 Å². The quantitative estimate of drug-likeness (QED) is 0.757. The Kier molecular flexibility index (Phi) is 4.06. The predicted molar refractivity (Wildman–Crippen MR) is 59.2 cm³/mol. The summed E-state index contributed by atoms with van der Waals surface area (Å²) in [4.78, 5) is 11.4. The first-order chi connectivity index (χ1) is 7.47. The average molecular weight is 242 g/mol. The molecule has 1 atom stereocenters. The monoisotopic (exact) mass is 242 g/mol. The molecule has 0 aliphatic heterocycles. The van der Waals surface area contributed by atoms with Crippen LogP contribution in [0.3, 0.4) is 0 Å². The molecule has 0 N–H and O–H groups in total. The zero-order chi connectivity index (χ0) is 12.2. The Morgan fingerprint density at radius 1 is 1.31 bits per heavy atom. The summed E-state index contributed by atoms with van der Waals surface area (Å²) in [5, 5.41) is 0. The molecule has 4 nitrogen and oxygen atoms in total. The van der Waals surface area contributed by atoms with E-state index in [2.05, 4.69) is 4.18 Å². The van der Waals surface area contributed by atoms with E-state index in [4.69, 9.17) is 0 Å². The lowest BCUT2D eigenvalue weighted by atomic mass is 10.1. The van der Waals surface area contributed by atoms with Crippen LogP contribution in [0.2, 0.25) is 0 Å². The highest BCUT2D eigenvalue weighted by Crippen LogP contribution is 2.14.